The van der Waals surface area contributed by atoms with Crippen molar-refractivity contribution in [2.24, 2.45) is 5.16 Å². The van der Waals surface area contributed by atoms with Gasteiger partial charge in [0.2, 0.25) is 0 Å². The molecular formula is C12H17N3O2. The lowest BCUT2D eigenvalue weighted by Crippen LogP contribution is -2.36. The number of hydrogen-bond acceptors (Lipinski definition) is 4. The summed E-state index contributed by atoms with van der Waals surface area (Å²) in [6, 6.07) is 8.85. The van der Waals surface area contributed by atoms with Crippen molar-refractivity contribution in [3.05, 3.63) is 35.9 Å². The van der Waals surface area contributed by atoms with E-state index >= 15 is 0 Å². The maximum atomic E-state index is 11.7. The Labute approximate surface area is 101 Å². The monoisotopic (exact) mass is 235 g/mol. The summed E-state index contributed by atoms with van der Waals surface area (Å²) < 4.78 is 0. The molecule has 0 aliphatic heterocycles. The SMILES string of the molecule is CN(C)CCNC(=O)/C(=N/O)c1ccccc1. The molecule has 5 nitrogen and oxygen atoms in total. The summed E-state index contributed by atoms with van der Waals surface area (Å²) in [6.45, 7) is 1.25. The molecule has 0 saturated carbocycles. The third kappa shape index (κ3) is 4.24. The highest BCUT2D eigenvalue weighted by Gasteiger charge is 2.13. The molecule has 0 atom stereocenters. The van der Waals surface area contributed by atoms with Crippen LogP contribution in [0.2, 0.25) is 0 Å². The minimum absolute atomic E-state index is 0.0318. The summed E-state index contributed by atoms with van der Waals surface area (Å²) in [5.41, 5.74) is 0.627. The Morgan fingerprint density at radius 3 is 2.53 bits per heavy atom. The molecule has 5 heteroatoms. The number of carbonyl (C=O) groups is 1. The van der Waals surface area contributed by atoms with E-state index in [0.717, 1.165) is 6.54 Å². The van der Waals surface area contributed by atoms with Gasteiger partial charge in [0.15, 0.2) is 5.71 Å². The lowest BCUT2D eigenvalue weighted by molar-refractivity contribution is -0.114. The molecule has 0 fully saturated rings. The molecular weight excluding hydrogens is 218 g/mol. The predicted molar refractivity (Wildman–Crippen MR) is 66.3 cm³/mol. The molecule has 1 rings (SSSR count). The van der Waals surface area contributed by atoms with Crippen LogP contribution in [0.3, 0.4) is 0 Å². The second-order valence-electron chi connectivity index (χ2n) is 3.87. The minimum Gasteiger partial charge on any atom is -0.410 e. The highest BCUT2D eigenvalue weighted by Crippen LogP contribution is 2.01. The first-order chi connectivity index (χ1) is 8.15. The molecule has 92 valence electrons. The molecule has 0 aromatic heterocycles. The zero-order valence-electron chi connectivity index (χ0n) is 10.1. The number of nitrogens with zero attached hydrogens (tertiary/aromatic N) is 2. The second-order valence-corrected chi connectivity index (χ2v) is 3.87. The van der Waals surface area contributed by atoms with Crippen molar-refractivity contribution >= 4 is 11.6 Å². The number of carbonyl (C=O) groups excluding carboxylic acids is 1. The van der Waals surface area contributed by atoms with E-state index in [-0.39, 0.29) is 11.6 Å². The number of nitrogens with one attached hydrogen (secondary N) is 1. The second kappa shape index (κ2) is 6.65. The Balaban J connectivity index is 2.61. The van der Waals surface area contributed by atoms with E-state index in [1.54, 1.807) is 24.3 Å². The van der Waals surface area contributed by atoms with Crippen LogP contribution in [0, 0.1) is 0 Å². The summed E-state index contributed by atoms with van der Waals surface area (Å²) in [5.74, 6) is -0.374. The normalized spacial score (nSPS) is 11.6. The number of oxime groups is 1. The topological polar surface area (TPSA) is 64.9 Å². The summed E-state index contributed by atoms with van der Waals surface area (Å²) in [6.07, 6.45) is 0. The van der Waals surface area contributed by atoms with Crippen LogP contribution in [0.1, 0.15) is 5.56 Å². The fourth-order valence-electron chi connectivity index (χ4n) is 1.31. The van der Waals surface area contributed by atoms with Crippen LogP contribution in [0.5, 0.6) is 0 Å². The van der Waals surface area contributed by atoms with Crippen LogP contribution >= 0.6 is 0 Å². The number of rotatable bonds is 5. The Hall–Kier alpha value is -1.88. The van der Waals surface area contributed by atoms with E-state index in [2.05, 4.69) is 10.5 Å². The molecule has 0 unspecified atom stereocenters. The molecule has 17 heavy (non-hydrogen) atoms. The van der Waals surface area contributed by atoms with Gasteiger partial charge in [-0.3, -0.25) is 4.79 Å². The average molecular weight is 235 g/mol. The van der Waals surface area contributed by atoms with Crippen LogP contribution in [0.4, 0.5) is 0 Å². The van der Waals surface area contributed by atoms with Crippen LogP contribution < -0.4 is 5.32 Å². The zero-order valence-corrected chi connectivity index (χ0v) is 10.1. The lowest BCUT2D eigenvalue weighted by Gasteiger charge is -2.10. The molecule has 0 aliphatic rings. The van der Waals surface area contributed by atoms with E-state index in [0.29, 0.717) is 12.1 Å². The quantitative estimate of drug-likeness (QED) is 0.445. The molecule has 0 saturated heterocycles. The van der Waals surface area contributed by atoms with Gasteiger partial charge in [-0.15, -0.1) is 0 Å². The summed E-state index contributed by atoms with van der Waals surface area (Å²) >= 11 is 0. The Morgan fingerprint density at radius 2 is 2.00 bits per heavy atom. The molecule has 1 aromatic carbocycles. The Morgan fingerprint density at radius 1 is 1.35 bits per heavy atom. The number of benzene rings is 1. The van der Waals surface area contributed by atoms with Crippen LogP contribution in [-0.2, 0) is 4.79 Å². The molecule has 0 aliphatic carbocycles. The third-order valence-electron chi connectivity index (χ3n) is 2.21. The van der Waals surface area contributed by atoms with Gasteiger partial charge in [0, 0.05) is 18.7 Å². The van der Waals surface area contributed by atoms with Gasteiger partial charge in [-0.2, -0.15) is 0 Å². The third-order valence-corrected chi connectivity index (χ3v) is 2.21. The number of likely N-dealkylation sites (N-methyl/N-ethyl adjacent to an activating group) is 1. The Kier molecular flexibility index (Phi) is 5.16. The largest absolute Gasteiger partial charge is 0.410 e. The molecule has 0 spiro atoms. The van der Waals surface area contributed by atoms with E-state index in [4.69, 9.17) is 5.21 Å². The van der Waals surface area contributed by atoms with Gasteiger partial charge >= 0.3 is 0 Å². The molecule has 0 heterocycles. The van der Waals surface area contributed by atoms with E-state index in [1.165, 1.54) is 0 Å². The molecule has 0 radical (unpaired) electrons. The number of hydrogen-bond donors (Lipinski definition) is 2. The van der Waals surface area contributed by atoms with Gasteiger partial charge in [-0.1, -0.05) is 35.5 Å². The van der Waals surface area contributed by atoms with Crippen molar-refractivity contribution in [1.29, 1.82) is 0 Å². The summed E-state index contributed by atoms with van der Waals surface area (Å²) in [4.78, 5) is 13.7. The van der Waals surface area contributed by atoms with Crippen molar-refractivity contribution in [2.45, 2.75) is 0 Å². The van der Waals surface area contributed by atoms with Crippen molar-refractivity contribution in [3.63, 3.8) is 0 Å². The zero-order chi connectivity index (χ0) is 12.7. The molecule has 2 N–H and O–H groups in total. The fraction of sp³-hybridized carbons (Fsp3) is 0.333. The highest BCUT2D eigenvalue weighted by molar-refractivity contribution is 6.45. The van der Waals surface area contributed by atoms with E-state index < -0.39 is 0 Å². The number of amides is 1. The van der Waals surface area contributed by atoms with Crippen molar-refractivity contribution in [2.75, 3.05) is 27.2 Å². The van der Waals surface area contributed by atoms with Crippen LogP contribution in [0.25, 0.3) is 0 Å². The van der Waals surface area contributed by atoms with Gasteiger partial charge in [0.25, 0.3) is 5.91 Å². The Bertz CT molecular complexity index is 388. The average Bonchev–Trinajstić information content (AvgIpc) is 2.31. The summed E-state index contributed by atoms with van der Waals surface area (Å²) in [5, 5.41) is 14.6. The first-order valence-electron chi connectivity index (χ1n) is 5.35. The van der Waals surface area contributed by atoms with Gasteiger partial charge in [-0.25, -0.2) is 0 Å². The lowest BCUT2D eigenvalue weighted by atomic mass is 10.1. The standard InChI is InChI=1S/C12H17N3O2/c1-15(2)9-8-13-12(16)11(14-17)10-6-4-3-5-7-10/h3-7,17H,8-9H2,1-2H3,(H,13,16)/b14-11+. The van der Waals surface area contributed by atoms with Crippen LogP contribution in [-0.4, -0.2) is 48.9 Å². The van der Waals surface area contributed by atoms with Gasteiger partial charge in [-0.05, 0) is 14.1 Å². The predicted octanol–water partition coefficient (Wildman–Crippen LogP) is 0.543. The molecule has 0 bridgehead atoms. The summed E-state index contributed by atoms with van der Waals surface area (Å²) in [7, 11) is 3.84. The van der Waals surface area contributed by atoms with Crippen molar-refractivity contribution in [3.8, 4) is 0 Å². The fourth-order valence-corrected chi connectivity index (χ4v) is 1.31. The first kappa shape index (κ1) is 13.2. The van der Waals surface area contributed by atoms with Crippen LogP contribution in [0.15, 0.2) is 35.5 Å². The minimum atomic E-state index is -0.374. The maximum absolute atomic E-state index is 11.7. The van der Waals surface area contributed by atoms with E-state index in [1.807, 2.05) is 25.1 Å². The first-order valence-corrected chi connectivity index (χ1v) is 5.35. The molecule has 1 amide bonds. The molecule has 1 aromatic rings. The van der Waals surface area contributed by atoms with E-state index in [9.17, 15) is 4.79 Å². The van der Waals surface area contributed by atoms with Crippen molar-refractivity contribution in [1.82, 2.24) is 10.2 Å². The maximum Gasteiger partial charge on any atom is 0.273 e. The van der Waals surface area contributed by atoms with Gasteiger partial charge in [0.05, 0.1) is 0 Å². The van der Waals surface area contributed by atoms with Gasteiger partial charge < -0.3 is 15.4 Å². The van der Waals surface area contributed by atoms with Crippen molar-refractivity contribution < 1.29 is 10.0 Å². The highest BCUT2D eigenvalue weighted by atomic mass is 16.4. The van der Waals surface area contributed by atoms with Gasteiger partial charge in [0.1, 0.15) is 0 Å². The smallest absolute Gasteiger partial charge is 0.273 e.